The first-order valence-electron chi connectivity index (χ1n) is 1.51. The molecule has 0 spiro atoms. The fourth-order valence-electron chi connectivity index (χ4n) is 0. The second kappa shape index (κ2) is 42.7. The minimum absolute atomic E-state index is 0. The van der Waals surface area contributed by atoms with Crippen LogP contribution in [0.1, 0.15) is 0 Å². The molecule has 0 aromatic rings. The number of quaternary nitrogens is 1. The first-order valence-corrected chi connectivity index (χ1v) is 17.3. The van der Waals surface area contributed by atoms with E-state index in [4.69, 9.17) is 80.7 Å². The van der Waals surface area contributed by atoms with Gasteiger partial charge in [-0.1, -0.05) is 0 Å². The van der Waals surface area contributed by atoms with E-state index in [9.17, 15) is 0 Å². The first kappa shape index (κ1) is 36.9. The Labute approximate surface area is 160 Å². The van der Waals surface area contributed by atoms with Gasteiger partial charge in [-0.25, -0.2) is 30.1 Å². The summed E-state index contributed by atoms with van der Waals surface area (Å²) in [7, 11) is 43.7. The van der Waals surface area contributed by atoms with Crippen LogP contribution < -0.4 is 18.6 Å². The number of halogens is 10. The normalized spacial score (nSPS) is 6.00. The van der Waals surface area contributed by atoms with Crippen LogP contribution in [-0.2, 0) is 42.8 Å². The molecule has 0 amide bonds. The molecule has 0 saturated heterocycles. The zero-order chi connectivity index (χ0) is 11.9. The maximum absolute atomic E-state index is 4.94. The molecule has 0 unspecified atom stereocenters. The molecule has 0 aliphatic carbocycles. The van der Waals surface area contributed by atoms with Crippen LogP contribution in [0.5, 0.6) is 0 Å². The third-order valence-electron chi connectivity index (χ3n) is 0. The van der Waals surface area contributed by atoms with Gasteiger partial charge in [0.2, 0.25) is 0 Å². The summed E-state index contributed by atoms with van der Waals surface area (Å²) in [5, 5.41) is 0. The molecular weight excluding hydrogens is 602 g/mol. The van der Waals surface area contributed by atoms with Crippen LogP contribution in [0.25, 0.3) is 0 Å². The Hall–Kier alpha value is 5.11. The number of hydrogen-bond donors (Lipinski definition) is 1. The largest absolute Gasteiger partial charge is 0.369 e. The monoisotopic (exact) mass is 602 g/mol. The minimum Gasteiger partial charge on any atom is -0.369 e. The minimum atomic E-state index is -1.72. The quantitative estimate of drug-likeness (QED) is 0.412. The van der Waals surface area contributed by atoms with Crippen molar-refractivity contribution < 1.29 is 55.2 Å². The van der Waals surface area contributed by atoms with Gasteiger partial charge >= 0.3 is 114 Å². The number of rotatable bonds is 0. The second-order valence-electron chi connectivity index (χ2n) is 0.468. The summed E-state index contributed by atoms with van der Waals surface area (Å²) < 4.78 is 0. The molecule has 0 aliphatic heterocycles. The molecule has 0 aromatic heterocycles. The molecule has 15 heteroatoms. The van der Waals surface area contributed by atoms with Gasteiger partial charge in [0.05, 0.1) is 0 Å². The predicted octanol–water partition coefficient (Wildman–Crippen LogP) is 3.20. The van der Waals surface area contributed by atoms with Crippen molar-refractivity contribution in [3.8, 4) is 0 Å². The molecule has 1 nitrogen and oxygen atoms in total. The van der Waals surface area contributed by atoms with Gasteiger partial charge in [-0.15, -0.1) is 0 Å². The van der Waals surface area contributed by atoms with Crippen molar-refractivity contribution in [2.24, 2.45) is 0 Å². The molecule has 15 heavy (non-hydrogen) atoms. The van der Waals surface area contributed by atoms with Crippen molar-refractivity contribution in [1.29, 1.82) is 0 Å². The fourth-order valence-corrected chi connectivity index (χ4v) is 0. The smallest absolute Gasteiger partial charge is 0.369 e. The van der Waals surface area contributed by atoms with E-state index in [-0.39, 0.29) is 18.6 Å². The van der Waals surface area contributed by atoms with Gasteiger partial charge in [-0.3, -0.25) is 0 Å². The summed E-state index contributed by atoms with van der Waals surface area (Å²) in [6.07, 6.45) is 0. The maximum atomic E-state index is 4.94. The summed E-state index contributed by atoms with van der Waals surface area (Å²) in [5.41, 5.74) is 0. The second-order valence-corrected chi connectivity index (χ2v) is 14.8. The predicted molar refractivity (Wildman–Crippen MR) is 64.4 cm³/mol. The van der Waals surface area contributed by atoms with Crippen molar-refractivity contribution >= 4 is 101 Å². The summed E-state index contributed by atoms with van der Waals surface area (Å²) >= 11 is -1.36. The summed E-state index contributed by atoms with van der Waals surface area (Å²) in [5.74, 6) is 0. The molecule has 0 radical (unpaired) electrons. The van der Waals surface area contributed by atoms with Crippen LogP contribution in [0.15, 0.2) is 0 Å². The summed E-state index contributed by atoms with van der Waals surface area (Å²) in [4.78, 5) is 0. The molecular formula is H4AlCl10CrMoNNi. The van der Waals surface area contributed by atoms with Crippen molar-refractivity contribution in [1.82, 2.24) is 6.15 Å². The standard InChI is InChI=1S/Al.10ClH.Cr.Mo.H3N.Ni/h;10*1H;;;1H3;/q+3;;;;;;;;;;;+3;+1;;+2/p-9. The van der Waals surface area contributed by atoms with Crippen LogP contribution >= 0.6 is 90.1 Å². The van der Waals surface area contributed by atoms with Gasteiger partial charge in [-0.2, -0.15) is 0 Å². The van der Waals surface area contributed by atoms with E-state index >= 15 is 0 Å². The van der Waals surface area contributed by atoms with Gasteiger partial charge < -0.3 is 18.6 Å². The zero-order valence-electron chi connectivity index (χ0n) is 6.49. The van der Waals surface area contributed by atoms with E-state index in [1.807, 2.05) is 0 Å². The van der Waals surface area contributed by atoms with E-state index < -0.39 is 22.8 Å². The Kier molecular flexibility index (Phi) is 105. The average molecular weight is 606 g/mol. The van der Waals surface area contributed by atoms with Crippen molar-refractivity contribution in [2.45, 2.75) is 0 Å². The van der Waals surface area contributed by atoms with E-state index in [2.05, 4.69) is 9.42 Å². The van der Waals surface area contributed by atoms with Crippen LogP contribution in [0.2, 0.25) is 0 Å². The van der Waals surface area contributed by atoms with Gasteiger partial charge in [0.15, 0.2) is 0 Å². The summed E-state index contributed by atoms with van der Waals surface area (Å²) in [6.45, 7) is 0. The summed E-state index contributed by atoms with van der Waals surface area (Å²) in [6, 6.07) is 0. The Bertz CT molecular complexity index is 49.2. The van der Waals surface area contributed by atoms with Gasteiger partial charge in [0.1, 0.15) is 0 Å². The van der Waals surface area contributed by atoms with Crippen LogP contribution in [0.4, 0.5) is 0 Å². The molecule has 0 atom stereocenters. The van der Waals surface area contributed by atoms with Crippen LogP contribution in [0, 0.1) is 0 Å². The van der Waals surface area contributed by atoms with E-state index in [1.165, 1.54) is 18.8 Å². The molecule has 0 bridgehead atoms. The average Bonchev–Trinajstić information content (AvgIpc) is 1.89. The van der Waals surface area contributed by atoms with E-state index in [1.54, 1.807) is 0 Å². The van der Waals surface area contributed by atoms with Crippen LogP contribution in [0.3, 0.4) is 0 Å². The van der Waals surface area contributed by atoms with E-state index in [0.29, 0.717) is 12.7 Å². The van der Waals surface area contributed by atoms with E-state index in [0.717, 1.165) is 0 Å². The first-order chi connectivity index (χ1) is 5.88. The molecule has 104 valence electrons. The molecule has 0 saturated carbocycles. The maximum Gasteiger partial charge on any atom is -0.369 e. The molecule has 0 aromatic carbocycles. The Morgan fingerprint density at radius 3 is 0.933 bits per heavy atom. The topological polar surface area (TPSA) is 36.5 Å². The van der Waals surface area contributed by atoms with Gasteiger partial charge in [-0.05, 0) is 0 Å². The molecule has 0 rings (SSSR count). The Balaban J connectivity index is -0.0000000178. The molecule has 4 N–H and O–H groups in total. The Morgan fingerprint density at radius 1 is 0.933 bits per heavy atom. The van der Waals surface area contributed by atoms with Gasteiger partial charge in [0.25, 0.3) is 0 Å². The zero-order valence-corrected chi connectivity index (χ0v) is 19.5. The molecule has 0 fully saturated rings. The van der Waals surface area contributed by atoms with Crippen molar-refractivity contribution in [3.05, 3.63) is 0 Å². The third kappa shape index (κ3) is 214. The van der Waals surface area contributed by atoms with Crippen molar-refractivity contribution in [3.63, 3.8) is 0 Å². The Morgan fingerprint density at radius 2 is 0.933 bits per heavy atom. The third-order valence-corrected chi connectivity index (χ3v) is 0. The van der Waals surface area contributed by atoms with Crippen LogP contribution in [-0.4, -0.2) is 11.4 Å². The van der Waals surface area contributed by atoms with Gasteiger partial charge in [0, 0.05) is 0 Å². The fraction of sp³-hybridized carbons (Fsp3) is 0. The number of hydrogen-bond acceptors (Lipinski definition) is 0. The SMILES string of the molecule is [Cl-].[Cl][Al]([Cl])[Cl].[Cl][Cr]([Cl])[Cl].[Cl][Mo].[Cl][Ni][Cl].[NH4+]. The molecule has 0 heterocycles. The molecule has 0 aliphatic rings. The van der Waals surface area contributed by atoms with Crippen molar-refractivity contribution in [2.75, 3.05) is 0 Å².